The van der Waals surface area contributed by atoms with Crippen LogP contribution < -0.4 is 11.1 Å². The highest BCUT2D eigenvalue weighted by atomic mass is 16.5. The summed E-state index contributed by atoms with van der Waals surface area (Å²) in [6.45, 7) is 4.27. The van der Waals surface area contributed by atoms with Crippen molar-refractivity contribution >= 4 is 17.5 Å². The van der Waals surface area contributed by atoms with Crippen LogP contribution in [-0.2, 0) is 4.74 Å². The fourth-order valence-electron chi connectivity index (χ4n) is 1.48. The summed E-state index contributed by atoms with van der Waals surface area (Å²) in [7, 11) is 1.59. The fraction of sp³-hybridized carbons (Fsp3) is 0.455. The van der Waals surface area contributed by atoms with Gasteiger partial charge in [-0.05, 0) is 19.9 Å². The first-order chi connectivity index (χ1) is 7.87. The van der Waals surface area contributed by atoms with Gasteiger partial charge in [0.05, 0.1) is 23.4 Å². The van der Waals surface area contributed by atoms with Gasteiger partial charge in [-0.3, -0.25) is 0 Å². The van der Waals surface area contributed by atoms with E-state index in [0.717, 1.165) is 0 Å². The number of rotatable bonds is 5. The zero-order valence-corrected chi connectivity index (χ0v) is 10.2. The predicted octanol–water partition coefficient (Wildman–Crippen LogP) is 1.20. The second-order valence-electron chi connectivity index (χ2n) is 4.37. The minimum Gasteiger partial charge on any atom is -0.478 e. The molecular formula is C11H17N3O3. The summed E-state index contributed by atoms with van der Waals surface area (Å²) < 4.78 is 5.05. The van der Waals surface area contributed by atoms with Gasteiger partial charge in [0.15, 0.2) is 5.82 Å². The van der Waals surface area contributed by atoms with Crippen molar-refractivity contribution in [1.82, 2.24) is 4.98 Å². The van der Waals surface area contributed by atoms with E-state index in [1.165, 1.54) is 12.3 Å². The van der Waals surface area contributed by atoms with Crippen molar-refractivity contribution in [2.75, 3.05) is 24.8 Å². The van der Waals surface area contributed by atoms with Crippen LogP contribution in [0.1, 0.15) is 24.2 Å². The largest absolute Gasteiger partial charge is 0.478 e. The molecule has 4 N–H and O–H groups in total. The fourth-order valence-corrected chi connectivity index (χ4v) is 1.48. The van der Waals surface area contributed by atoms with Crippen LogP contribution in [0.25, 0.3) is 0 Å². The predicted molar refractivity (Wildman–Crippen MR) is 65.2 cm³/mol. The molecule has 6 heteroatoms. The van der Waals surface area contributed by atoms with Crippen LogP contribution in [0.3, 0.4) is 0 Å². The number of aromatic carboxylic acids is 1. The molecule has 0 aliphatic carbocycles. The van der Waals surface area contributed by atoms with E-state index in [0.29, 0.717) is 12.4 Å². The molecule has 6 nitrogen and oxygen atoms in total. The minimum absolute atomic E-state index is 0.0377. The molecule has 0 aromatic carbocycles. The third-order valence-corrected chi connectivity index (χ3v) is 2.18. The number of ether oxygens (including phenoxy) is 1. The summed E-state index contributed by atoms with van der Waals surface area (Å²) in [6, 6.07) is 1.37. The third kappa shape index (κ3) is 3.32. The van der Waals surface area contributed by atoms with Gasteiger partial charge in [-0.15, -0.1) is 0 Å². The number of hydrogen-bond donors (Lipinski definition) is 3. The molecule has 0 saturated heterocycles. The molecule has 0 fully saturated rings. The number of nitrogens with one attached hydrogen (secondary N) is 1. The van der Waals surface area contributed by atoms with Gasteiger partial charge in [-0.25, -0.2) is 9.78 Å². The molecule has 0 atom stereocenters. The number of pyridine rings is 1. The zero-order chi connectivity index (χ0) is 13.1. The average molecular weight is 239 g/mol. The zero-order valence-electron chi connectivity index (χ0n) is 10.2. The van der Waals surface area contributed by atoms with E-state index >= 15 is 0 Å². The number of aromatic nitrogens is 1. The standard InChI is InChI=1S/C11H17N3O3/c1-11(2,6-17-3)14-9-8(12)7(10(15)16)4-5-13-9/h4-5H,6,12H2,1-3H3,(H,13,14)(H,15,16). The lowest BCUT2D eigenvalue weighted by atomic mass is 10.1. The Morgan fingerprint density at radius 3 is 2.82 bits per heavy atom. The number of carbonyl (C=O) groups is 1. The summed E-state index contributed by atoms with van der Waals surface area (Å²) in [5.74, 6) is -0.718. The SMILES string of the molecule is COCC(C)(C)Nc1nccc(C(=O)O)c1N. The van der Waals surface area contributed by atoms with Crippen molar-refractivity contribution in [3.05, 3.63) is 17.8 Å². The van der Waals surface area contributed by atoms with E-state index in [4.69, 9.17) is 15.6 Å². The smallest absolute Gasteiger partial charge is 0.337 e. The molecule has 1 rings (SSSR count). The maximum Gasteiger partial charge on any atom is 0.337 e. The number of anilines is 2. The molecule has 1 heterocycles. The molecule has 0 radical (unpaired) electrons. The molecule has 1 aromatic heterocycles. The first-order valence-corrected chi connectivity index (χ1v) is 5.12. The second-order valence-corrected chi connectivity index (χ2v) is 4.37. The van der Waals surface area contributed by atoms with Crippen molar-refractivity contribution in [3.63, 3.8) is 0 Å². The van der Waals surface area contributed by atoms with E-state index in [-0.39, 0.29) is 16.8 Å². The van der Waals surface area contributed by atoms with Crippen molar-refractivity contribution in [3.8, 4) is 0 Å². The molecule has 0 bridgehead atoms. The second kappa shape index (κ2) is 5.01. The van der Waals surface area contributed by atoms with E-state index in [1.807, 2.05) is 13.8 Å². The monoisotopic (exact) mass is 239 g/mol. The molecule has 0 aliphatic rings. The lowest BCUT2D eigenvalue weighted by Gasteiger charge is -2.26. The quantitative estimate of drug-likeness (QED) is 0.714. The van der Waals surface area contributed by atoms with E-state index in [9.17, 15) is 4.79 Å². The molecule has 1 aromatic rings. The van der Waals surface area contributed by atoms with Crippen LogP contribution in [0.4, 0.5) is 11.5 Å². The Balaban J connectivity index is 3.00. The van der Waals surface area contributed by atoms with Crippen LogP contribution in [-0.4, -0.2) is 35.3 Å². The van der Waals surface area contributed by atoms with Gasteiger partial charge >= 0.3 is 5.97 Å². The highest BCUT2D eigenvalue weighted by molar-refractivity contribution is 5.96. The molecule has 0 amide bonds. The first-order valence-electron chi connectivity index (χ1n) is 5.12. The normalized spacial score (nSPS) is 11.2. The average Bonchev–Trinajstić information content (AvgIpc) is 2.20. The van der Waals surface area contributed by atoms with Crippen molar-refractivity contribution < 1.29 is 14.6 Å². The number of carboxylic acids is 1. The molecule has 0 unspecified atom stereocenters. The summed E-state index contributed by atoms with van der Waals surface area (Å²) in [6.07, 6.45) is 1.41. The lowest BCUT2D eigenvalue weighted by molar-refractivity contribution is 0.0698. The molecular weight excluding hydrogens is 222 g/mol. The van der Waals surface area contributed by atoms with Gasteiger partial charge in [0.1, 0.15) is 0 Å². The van der Waals surface area contributed by atoms with Crippen molar-refractivity contribution in [2.24, 2.45) is 0 Å². The Hall–Kier alpha value is -1.82. The summed E-state index contributed by atoms with van der Waals surface area (Å²) >= 11 is 0. The van der Waals surface area contributed by atoms with Crippen molar-refractivity contribution in [1.29, 1.82) is 0 Å². The molecule has 0 spiro atoms. The van der Waals surface area contributed by atoms with Gasteiger partial charge in [0, 0.05) is 13.3 Å². The van der Waals surface area contributed by atoms with E-state index in [2.05, 4.69) is 10.3 Å². The van der Waals surface area contributed by atoms with Gasteiger partial charge in [-0.2, -0.15) is 0 Å². The lowest BCUT2D eigenvalue weighted by Crippen LogP contribution is -2.36. The summed E-state index contributed by atoms with van der Waals surface area (Å²) in [5, 5.41) is 12.0. The van der Waals surface area contributed by atoms with Crippen LogP contribution in [0, 0.1) is 0 Å². The van der Waals surface area contributed by atoms with Crippen LogP contribution in [0.2, 0.25) is 0 Å². The maximum atomic E-state index is 10.9. The topological polar surface area (TPSA) is 97.5 Å². The highest BCUT2D eigenvalue weighted by Crippen LogP contribution is 2.23. The van der Waals surface area contributed by atoms with Gasteiger partial charge in [0.25, 0.3) is 0 Å². The third-order valence-electron chi connectivity index (χ3n) is 2.18. The Morgan fingerprint density at radius 1 is 1.65 bits per heavy atom. The Bertz CT molecular complexity index is 418. The van der Waals surface area contributed by atoms with Crippen LogP contribution in [0.5, 0.6) is 0 Å². The number of nitrogens with two attached hydrogens (primary N) is 1. The first kappa shape index (κ1) is 13.2. The van der Waals surface area contributed by atoms with Gasteiger partial charge in [-0.1, -0.05) is 0 Å². The minimum atomic E-state index is -1.07. The van der Waals surface area contributed by atoms with Gasteiger partial charge < -0.3 is 20.9 Å². The molecule has 17 heavy (non-hydrogen) atoms. The summed E-state index contributed by atoms with van der Waals surface area (Å²) in [4.78, 5) is 14.9. The van der Waals surface area contributed by atoms with Crippen molar-refractivity contribution in [2.45, 2.75) is 19.4 Å². The Kier molecular flexibility index (Phi) is 3.90. The summed E-state index contributed by atoms with van der Waals surface area (Å²) in [5.41, 5.74) is 5.53. The molecule has 0 saturated carbocycles. The highest BCUT2D eigenvalue weighted by Gasteiger charge is 2.21. The Morgan fingerprint density at radius 2 is 2.29 bits per heavy atom. The molecule has 94 valence electrons. The van der Waals surface area contributed by atoms with E-state index in [1.54, 1.807) is 7.11 Å². The van der Waals surface area contributed by atoms with Gasteiger partial charge in [0.2, 0.25) is 0 Å². The number of carboxylic acid groups (broad SMARTS) is 1. The number of nitrogens with zero attached hydrogens (tertiary/aromatic N) is 1. The Labute approximate surface area is 99.8 Å². The number of nitrogen functional groups attached to an aromatic ring is 1. The van der Waals surface area contributed by atoms with Crippen LogP contribution >= 0.6 is 0 Å². The maximum absolute atomic E-state index is 10.9. The molecule has 0 aliphatic heterocycles. The number of hydrogen-bond acceptors (Lipinski definition) is 5. The van der Waals surface area contributed by atoms with Crippen LogP contribution in [0.15, 0.2) is 12.3 Å². The number of methoxy groups -OCH3 is 1. The van der Waals surface area contributed by atoms with E-state index < -0.39 is 5.97 Å².